The van der Waals surface area contributed by atoms with Crippen LogP contribution < -0.4 is 5.32 Å². The van der Waals surface area contributed by atoms with Crippen molar-refractivity contribution in [3.63, 3.8) is 0 Å². The van der Waals surface area contributed by atoms with Gasteiger partial charge >= 0.3 is 0 Å². The van der Waals surface area contributed by atoms with E-state index in [1.165, 1.54) is 4.88 Å². The molecule has 5 nitrogen and oxygen atoms in total. The summed E-state index contributed by atoms with van der Waals surface area (Å²) in [6, 6.07) is 2.11. The van der Waals surface area contributed by atoms with Gasteiger partial charge in [-0.3, -0.25) is 0 Å². The van der Waals surface area contributed by atoms with E-state index in [4.69, 9.17) is 4.42 Å². The molecule has 3 heterocycles. The van der Waals surface area contributed by atoms with Gasteiger partial charge in [-0.25, -0.2) is 15.0 Å². The zero-order chi connectivity index (χ0) is 14.1. The van der Waals surface area contributed by atoms with Gasteiger partial charge in [0.1, 0.15) is 28.8 Å². The average molecular weight is 288 g/mol. The topological polar surface area (TPSA) is 63.8 Å². The van der Waals surface area contributed by atoms with Gasteiger partial charge in [-0.05, 0) is 26.3 Å². The molecule has 3 rings (SSSR count). The average Bonchev–Trinajstić information content (AvgIpc) is 3.05. The van der Waals surface area contributed by atoms with Crippen molar-refractivity contribution in [2.24, 2.45) is 0 Å². The van der Waals surface area contributed by atoms with Crippen molar-refractivity contribution in [1.82, 2.24) is 15.0 Å². The second-order valence-electron chi connectivity index (χ2n) is 4.68. The fraction of sp³-hybridized carbons (Fsp3) is 0.357. The second-order valence-corrected chi connectivity index (χ2v) is 5.80. The quantitative estimate of drug-likeness (QED) is 0.792. The van der Waals surface area contributed by atoms with E-state index in [0.717, 1.165) is 28.2 Å². The molecule has 0 radical (unpaired) electrons. The molecule has 0 aromatic carbocycles. The molecule has 20 heavy (non-hydrogen) atoms. The summed E-state index contributed by atoms with van der Waals surface area (Å²) in [5, 5.41) is 4.41. The van der Waals surface area contributed by atoms with E-state index in [0.29, 0.717) is 5.89 Å². The first-order valence-corrected chi connectivity index (χ1v) is 7.41. The molecule has 0 aliphatic carbocycles. The van der Waals surface area contributed by atoms with Gasteiger partial charge in [0, 0.05) is 4.88 Å². The van der Waals surface area contributed by atoms with Crippen molar-refractivity contribution in [3.05, 3.63) is 35.1 Å². The van der Waals surface area contributed by atoms with Crippen molar-refractivity contribution in [3.8, 4) is 0 Å². The van der Waals surface area contributed by atoms with Gasteiger partial charge in [-0.15, -0.1) is 11.3 Å². The van der Waals surface area contributed by atoms with Crippen LogP contribution in [0, 0.1) is 6.92 Å². The first kappa shape index (κ1) is 13.1. The minimum Gasteiger partial charge on any atom is -0.444 e. The van der Waals surface area contributed by atoms with Gasteiger partial charge in [0.15, 0.2) is 0 Å². The highest BCUT2D eigenvalue weighted by Crippen LogP contribution is 2.30. The van der Waals surface area contributed by atoms with Crippen molar-refractivity contribution < 1.29 is 4.42 Å². The van der Waals surface area contributed by atoms with E-state index < -0.39 is 0 Å². The lowest BCUT2D eigenvalue weighted by Gasteiger charge is -2.11. The van der Waals surface area contributed by atoms with Crippen LogP contribution in [0.4, 0.5) is 5.82 Å². The van der Waals surface area contributed by atoms with Crippen molar-refractivity contribution in [1.29, 1.82) is 0 Å². The number of aromatic nitrogens is 3. The summed E-state index contributed by atoms with van der Waals surface area (Å²) in [4.78, 5) is 15.2. The van der Waals surface area contributed by atoms with Crippen LogP contribution in [-0.2, 0) is 6.42 Å². The van der Waals surface area contributed by atoms with Crippen molar-refractivity contribution in [2.75, 3.05) is 5.32 Å². The standard InChI is InChI=1S/C14H16N4OS/c1-4-10-5-11-12(16-7-17-14(11)20-10)18-9(3)13-15-6-8(2)19-13/h5-7,9H,4H2,1-3H3,(H,16,17,18). The monoisotopic (exact) mass is 288 g/mol. The smallest absolute Gasteiger partial charge is 0.216 e. The molecule has 1 N–H and O–H groups in total. The summed E-state index contributed by atoms with van der Waals surface area (Å²) >= 11 is 1.71. The van der Waals surface area contributed by atoms with E-state index in [-0.39, 0.29) is 6.04 Å². The number of anilines is 1. The lowest BCUT2D eigenvalue weighted by atomic mass is 10.3. The Labute approximate surface area is 121 Å². The first-order valence-electron chi connectivity index (χ1n) is 6.59. The molecule has 0 saturated carbocycles. The fourth-order valence-electron chi connectivity index (χ4n) is 2.03. The van der Waals surface area contributed by atoms with Crippen molar-refractivity contribution >= 4 is 27.4 Å². The van der Waals surface area contributed by atoms with Gasteiger partial charge in [0.2, 0.25) is 5.89 Å². The summed E-state index contributed by atoms with van der Waals surface area (Å²) in [6.45, 7) is 6.04. The van der Waals surface area contributed by atoms with Crippen LogP contribution >= 0.6 is 11.3 Å². The Morgan fingerprint density at radius 1 is 1.35 bits per heavy atom. The molecule has 0 aliphatic heterocycles. The molecule has 0 fully saturated rings. The number of hydrogen-bond acceptors (Lipinski definition) is 6. The largest absolute Gasteiger partial charge is 0.444 e. The number of nitrogens with zero attached hydrogens (tertiary/aromatic N) is 3. The van der Waals surface area contributed by atoms with Gasteiger partial charge in [0.25, 0.3) is 0 Å². The molecule has 0 spiro atoms. The summed E-state index contributed by atoms with van der Waals surface area (Å²) in [5.41, 5.74) is 0. The summed E-state index contributed by atoms with van der Waals surface area (Å²) in [7, 11) is 0. The van der Waals surface area contributed by atoms with Crippen LogP contribution in [0.5, 0.6) is 0 Å². The van der Waals surface area contributed by atoms with Crippen LogP contribution in [0.3, 0.4) is 0 Å². The number of fused-ring (bicyclic) bond motifs is 1. The van der Waals surface area contributed by atoms with E-state index in [9.17, 15) is 0 Å². The Hall–Kier alpha value is -1.95. The second kappa shape index (κ2) is 5.20. The van der Waals surface area contributed by atoms with Gasteiger partial charge in [-0.2, -0.15) is 0 Å². The zero-order valence-corrected chi connectivity index (χ0v) is 12.5. The Balaban J connectivity index is 1.92. The first-order chi connectivity index (χ1) is 9.67. The van der Waals surface area contributed by atoms with Crippen molar-refractivity contribution in [2.45, 2.75) is 33.2 Å². The van der Waals surface area contributed by atoms with Crippen LogP contribution in [0.25, 0.3) is 10.2 Å². The maximum Gasteiger partial charge on any atom is 0.216 e. The highest BCUT2D eigenvalue weighted by Gasteiger charge is 2.14. The third kappa shape index (κ3) is 2.38. The van der Waals surface area contributed by atoms with Gasteiger partial charge in [-0.1, -0.05) is 6.92 Å². The number of hydrogen-bond donors (Lipinski definition) is 1. The zero-order valence-electron chi connectivity index (χ0n) is 11.7. The van der Waals surface area contributed by atoms with E-state index in [1.54, 1.807) is 23.9 Å². The van der Waals surface area contributed by atoms with E-state index in [2.05, 4.69) is 33.3 Å². The lowest BCUT2D eigenvalue weighted by Crippen LogP contribution is -2.08. The van der Waals surface area contributed by atoms with Crippen LogP contribution in [0.15, 0.2) is 23.0 Å². The van der Waals surface area contributed by atoms with E-state index in [1.807, 2.05) is 13.8 Å². The van der Waals surface area contributed by atoms with Gasteiger partial charge in [0.05, 0.1) is 11.6 Å². The number of rotatable bonds is 4. The molecule has 1 unspecified atom stereocenters. The van der Waals surface area contributed by atoms with Crippen LogP contribution in [0.2, 0.25) is 0 Å². The maximum atomic E-state index is 5.54. The summed E-state index contributed by atoms with van der Waals surface area (Å²) < 4.78 is 5.54. The molecule has 0 bridgehead atoms. The number of aryl methyl sites for hydroxylation is 2. The molecule has 0 amide bonds. The highest BCUT2D eigenvalue weighted by atomic mass is 32.1. The molecule has 3 aromatic heterocycles. The molecule has 0 aliphatic rings. The normalized spacial score (nSPS) is 12.8. The number of oxazole rings is 1. The Morgan fingerprint density at radius 3 is 2.90 bits per heavy atom. The molecular weight excluding hydrogens is 272 g/mol. The lowest BCUT2D eigenvalue weighted by molar-refractivity contribution is 0.453. The molecule has 6 heteroatoms. The minimum absolute atomic E-state index is 0.0354. The fourth-order valence-corrected chi connectivity index (χ4v) is 2.97. The predicted octanol–water partition coefficient (Wildman–Crippen LogP) is 3.72. The Kier molecular flexibility index (Phi) is 3.40. The third-order valence-corrected chi connectivity index (χ3v) is 4.28. The molecule has 1 atom stereocenters. The molecular formula is C14H16N4OS. The highest BCUT2D eigenvalue weighted by molar-refractivity contribution is 7.18. The number of nitrogens with one attached hydrogen (secondary N) is 1. The van der Waals surface area contributed by atoms with Gasteiger partial charge < -0.3 is 9.73 Å². The Bertz CT molecular complexity index is 734. The molecule has 104 valence electrons. The van der Waals surface area contributed by atoms with Crippen LogP contribution in [0.1, 0.15) is 36.4 Å². The molecule has 3 aromatic rings. The SMILES string of the molecule is CCc1cc2c(NC(C)c3ncc(C)o3)ncnc2s1. The Morgan fingerprint density at radius 2 is 2.20 bits per heavy atom. The predicted molar refractivity (Wildman–Crippen MR) is 80.1 cm³/mol. The van der Waals surface area contributed by atoms with Crippen LogP contribution in [-0.4, -0.2) is 15.0 Å². The maximum absolute atomic E-state index is 5.54. The summed E-state index contributed by atoms with van der Waals surface area (Å²) in [6.07, 6.45) is 4.33. The molecule has 0 saturated heterocycles. The summed E-state index contributed by atoms with van der Waals surface area (Å²) in [5.74, 6) is 2.31. The third-order valence-electron chi connectivity index (χ3n) is 3.09. The van der Waals surface area contributed by atoms with E-state index >= 15 is 0 Å². The number of thiophene rings is 1. The minimum atomic E-state index is -0.0354.